The van der Waals surface area contributed by atoms with Crippen molar-refractivity contribution in [1.29, 1.82) is 0 Å². The molecule has 4 heterocycles. The van der Waals surface area contributed by atoms with E-state index in [1.807, 2.05) is 6.07 Å². The zero-order chi connectivity index (χ0) is 23.2. The third-order valence-corrected chi connectivity index (χ3v) is 5.93. The summed E-state index contributed by atoms with van der Waals surface area (Å²) in [7, 11) is 0. The number of alkyl halides is 3. The number of aromatic nitrogens is 4. The van der Waals surface area contributed by atoms with Gasteiger partial charge in [-0.05, 0) is 36.8 Å². The zero-order valence-corrected chi connectivity index (χ0v) is 17.8. The summed E-state index contributed by atoms with van der Waals surface area (Å²) in [5.41, 5.74) is 1.31. The van der Waals surface area contributed by atoms with E-state index in [1.165, 1.54) is 16.8 Å². The third-order valence-electron chi connectivity index (χ3n) is 5.93. The summed E-state index contributed by atoms with van der Waals surface area (Å²) < 4.78 is 45.8. The molecule has 2 aliphatic heterocycles. The summed E-state index contributed by atoms with van der Waals surface area (Å²) in [5, 5.41) is 16.0. The van der Waals surface area contributed by atoms with Gasteiger partial charge in [0.15, 0.2) is 11.6 Å². The molecule has 1 atom stereocenters. The molecule has 0 saturated carbocycles. The number of carbonyl (C=O) groups is 1. The Morgan fingerprint density at radius 3 is 2.33 bits per heavy atom. The zero-order valence-electron chi connectivity index (χ0n) is 17.8. The van der Waals surface area contributed by atoms with Gasteiger partial charge in [0.1, 0.15) is 5.82 Å². The predicted molar refractivity (Wildman–Crippen MR) is 113 cm³/mol. The lowest BCUT2D eigenvalue weighted by Crippen LogP contribution is -2.36. The molecule has 1 fully saturated rings. The average molecular weight is 458 g/mol. The summed E-state index contributed by atoms with van der Waals surface area (Å²) in [6, 6.07) is 8.54. The van der Waals surface area contributed by atoms with Gasteiger partial charge < -0.3 is 15.0 Å². The molecule has 1 unspecified atom stereocenters. The van der Waals surface area contributed by atoms with Gasteiger partial charge in [-0.25, -0.2) is 0 Å². The van der Waals surface area contributed by atoms with Gasteiger partial charge in [-0.3, -0.25) is 4.79 Å². The van der Waals surface area contributed by atoms with Crippen molar-refractivity contribution in [3.05, 3.63) is 58.8 Å². The van der Waals surface area contributed by atoms with E-state index < -0.39 is 17.7 Å². The van der Waals surface area contributed by atoms with Crippen LogP contribution >= 0.6 is 0 Å². The van der Waals surface area contributed by atoms with Gasteiger partial charge in [0.05, 0.1) is 24.5 Å². The highest BCUT2D eigenvalue weighted by Gasteiger charge is 2.34. The normalized spacial score (nSPS) is 18.7. The Morgan fingerprint density at radius 1 is 1.03 bits per heavy atom. The van der Waals surface area contributed by atoms with Crippen LogP contribution in [0.25, 0.3) is 5.82 Å². The molecule has 1 saturated heterocycles. The van der Waals surface area contributed by atoms with Crippen LogP contribution in [0, 0.1) is 6.92 Å². The molecule has 2 aliphatic rings. The van der Waals surface area contributed by atoms with Gasteiger partial charge in [0, 0.05) is 31.0 Å². The number of anilines is 2. The second-order valence-corrected chi connectivity index (χ2v) is 8.03. The van der Waals surface area contributed by atoms with E-state index in [4.69, 9.17) is 4.74 Å². The van der Waals surface area contributed by atoms with Gasteiger partial charge in [0.2, 0.25) is 5.91 Å². The van der Waals surface area contributed by atoms with Crippen molar-refractivity contribution in [1.82, 2.24) is 20.0 Å². The van der Waals surface area contributed by atoms with Crippen LogP contribution in [0.15, 0.2) is 36.4 Å². The van der Waals surface area contributed by atoms with E-state index in [-0.39, 0.29) is 12.3 Å². The minimum Gasteiger partial charge on any atom is -0.378 e. The minimum absolute atomic E-state index is 0.118. The fourth-order valence-corrected chi connectivity index (χ4v) is 4.29. The number of amides is 1. The smallest absolute Gasteiger partial charge is 0.378 e. The number of rotatable bonds is 3. The van der Waals surface area contributed by atoms with Crippen molar-refractivity contribution in [2.24, 2.45) is 0 Å². The predicted octanol–water partition coefficient (Wildman–Crippen LogP) is 3.30. The highest BCUT2D eigenvalue weighted by molar-refractivity contribution is 5.95. The number of halogens is 3. The first kappa shape index (κ1) is 21.4. The average Bonchev–Trinajstić information content (AvgIpc) is 3.15. The quantitative estimate of drug-likeness (QED) is 0.648. The van der Waals surface area contributed by atoms with Crippen LogP contribution in [-0.4, -0.2) is 52.2 Å². The van der Waals surface area contributed by atoms with Crippen LogP contribution in [-0.2, 0) is 15.7 Å². The maximum atomic E-state index is 13.0. The molecule has 8 nitrogen and oxygen atoms in total. The number of nitrogens with zero attached hydrogens (tertiary/aromatic N) is 5. The molecule has 0 radical (unpaired) electrons. The second kappa shape index (κ2) is 8.14. The molecule has 2 aromatic heterocycles. The molecule has 172 valence electrons. The van der Waals surface area contributed by atoms with Gasteiger partial charge in [-0.2, -0.15) is 23.0 Å². The molecular formula is C22H21F3N6O2. The standard InChI is InChI=1S/C22H21F3N6O2/c1-13-20-16(14-2-4-15(5-3-14)22(23,24)25)12-19(32)26-21(20)31(29-13)18-7-6-17(27-28-18)30-8-10-33-11-9-30/h2-7,16H,8-12H2,1H3,(H,26,32). The summed E-state index contributed by atoms with van der Waals surface area (Å²) >= 11 is 0. The Labute approximate surface area is 187 Å². The number of benzene rings is 1. The Hall–Kier alpha value is -3.47. The molecule has 0 bridgehead atoms. The first-order chi connectivity index (χ1) is 15.8. The van der Waals surface area contributed by atoms with Crippen molar-refractivity contribution in [3.8, 4) is 5.82 Å². The third kappa shape index (κ3) is 4.04. The van der Waals surface area contributed by atoms with E-state index in [9.17, 15) is 18.0 Å². The van der Waals surface area contributed by atoms with Crippen molar-refractivity contribution >= 4 is 17.5 Å². The van der Waals surface area contributed by atoms with E-state index >= 15 is 0 Å². The Bertz CT molecular complexity index is 1170. The number of fused-ring (bicyclic) bond motifs is 1. The van der Waals surface area contributed by atoms with Gasteiger partial charge >= 0.3 is 6.18 Å². The summed E-state index contributed by atoms with van der Waals surface area (Å²) in [6.45, 7) is 4.53. The molecule has 0 aliphatic carbocycles. The molecule has 11 heteroatoms. The summed E-state index contributed by atoms with van der Waals surface area (Å²) in [5.74, 6) is 0.968. The SMILES string of the molecule is Cc1nn(-c2ccc(N3CCOCC3)nn2)c2c1C(c1ccc(C(F)(F)F)cc1)CC(=O)N2. The molecule has 1 aromatic carbocycles. The van der Waals surface area contributed by atoms with Crippen LogP contribution in [0.4, 0.5) is 24.8 Å². The lowest BCUT2D eigenvalue weighted by molar-refractivity contribution is -0.137. The van der Waals surface area contributed by atoms with Crippen LogP contribution < -0.4 is 10.2 Å². The maximum Gasteiger partial charge on any atom is 0.416 e. The number of hydrogen-bond acceptors (Lipinski definition) is 6. The monoisotopic (exact) mass is 458 g/mol. The topological polar surface area (TPSA) is 85.2 Å². The van der Waals surface area contributed by atoms with E-state index in [1.54, 1.807) is 13.0 Å². The number of morpholine rings is 1. The fraction of sp³-hybridized carbons (Fsp3) is 0.364. The van der Waals surface area contributed by atoms with Crippen molar-refractivity contribution in [2.75, 3.05) is 36.5 Å². The van der Waals surface area contributed by atoms with Crippen LogP contribution in [0.3, 0.4) is 0 Å². The lowest BCUT2D eigenvalue weighted by Gasteiger charge is -2.27. The Morgan fingerprint density at radius 2 is 1.70 bits per heavy atom. The highest BCUT2D eigenvalue weighted by Crippen LogP contribution is 2.41. The van der Waals surface area contributed by atoms with Crippen LogP contribution in [0.5, 0.6) is 0 Å². The molecular weight excluding hydrogens is 437 g/mol. The van der Waals surface area contributed by atoms with E-state index in [0.29, 0.717) is 36.1 Å². The fourth-order valence-electron chi connectivity index (χ4n) is 4.29. The van der Waals surface area contributed by atoms with E-state index in [2.05, 4.69) is 25.5 Å². The Balaban J connectivity index is 1.49. The molecule has 1 amide bonds. The molecule has 1 N–H and O–H groups in total. The molecule has 5 rings (SSSR count). The maximum absolute atomic E-state index is 13.0. The first-order valence-electron chi connectivity index (χ1n) is 10.5. The van der Waals surface area contributed by atoms with Crippen molar-refractivity contribution in [3.63, 3.8) is 0 Å². The number of hydrogen-bond donors (Lipinski definition) is 1. The molecule has 3 aromatic rings. The second-order valence-electron chi connectivity index (χ2n) is 8.03. The number of aryl methyl sites for hydroxylation is 1. The highest BCUT2D eigenvalue weighted by atomic mass is 19.4. The van der Waals surface area contributed by atoms with Crippen molar-refractivity contribution < 1.29 is 22.7 Å². The van der Waals surface area contributed by atoms with E-state index in [0.717, 1.165) is 36.6 Å². The lowest BCUT2D eigenvalue weighted by atomic mass is 9.85. The van der Waals surface area contributed by atoms with Gasteiger partial charge in [-0.15, -0.1) is 10.2 Å². The van der Waals surface area contributed by atoms with Crippen LogP contribution in [0.1, 0.15) is 34.7 Å². The van der Waals surface area contributed by atoms with Crippen LogP contribution in [0.2, 0.25) is 0 Å². The summed E-state index contributed by atoms with van der Waals surface area (Å²) in [6.07, 6.45) is -4.30. The van der Waals surface area contributed by atoms with Gasteiger partial charge in [-0.1, -0.05) is 12.1 Å². The molecule has 33 heavy (non-hydrogen) atoms. The number of nitrogens with one attached hydrogen (secondary N) is 1. The van der Waals surface area contributed by atoms with Gasteiger partial charge in [0.25, 0.3) is 0 Å². The summed E-state index contributed by atoms with van der Waals surface area (Å²) in [4.78, 5) is 14.6. The molecule has 0 spiro atoms. The Kier molecular flexibility index (Phi) is 5.28. The van der Waals surface area contributed by atoms with Crippen molar-refractivity contribution in [2.45, 2.75) is 25.4 Å². The number of carbonyl (C=O) groups excluding carboxylic acids is 1. The number of ether oxygens (including phenoxy) is 1. The first-order valence-corrected chi connectivity index (χ1v) is 10.5. The largest absolute Gasteiger partial charge is 0.416 e. The minimum atomic E-state index is -4.42.